The number of anilines is 1. The van der Waals surface area contributed by atoms with Gasteiger partial charge < -0.3 is 15.1 Å². The van der Waals surface area contributed by atoms with E-state index in [1.807, 2.05) is 0 Å². The minimum absolute atomic E-state index is 0.474. The maximum absolute atomic E-state index is 3.70. The number of nitrogens with one attached hydrogen (secondary N) is 1. The van der Waals surface area contributed by atoms with Crippen molar-refractivity contribution in [3.8, 4) is 0 Å². The van der Waals surface area contributed by atoms with Crippen molar-refractivity contribution in [1.82, 2.24) is 10.2 Å². The summed E-state index contributed by atoms with van der Waals surface area (Å²) in [5, 5.41) is 3.70. The normalized spacial score (nSPS) is 18.5. The number of nitrogens with zero attached hydrogens (tertiary/aromatic N) is 2. The molecule has 0 aliphatic carbocycles. The first-order valence-electron chi connectivity index (χ1n) is 8.52. The van der Waals surface area contributed by atoms with Crippen LogP contribution in [0, 0.1) is 0 Å². The van der Waals surface area contributed by atoms with Crippen molar-refractivity contribution >= 4 is 5.69 Å². The molecule has 0 spiro atoms. The third-order valence-electron chi connectivity index (χ3n) is 4.42. The van der Waals surface area contributed by atoms with Gasteiger partial charge in [0.1, 0.15) is 0 Å². The molecule has 0 aromatic heterocycles. The Morgan fingerprint density at radius 1 is 1.10 bits per heavy atom. The van der Waals surface area contributed by atoms with E-state index >= 15 is 0 Å². The van der Waals surface area contributed by atoms with Gasteiger partial charge in [-0.15, -0.1) is 0 Å². The predicted octanol–water partition coefficient (Wildman–Crippen LogP) is 3.28. The summed E-state index contributed by atoms with van der Waals surface area (Å²) < 4.78 is 0. The van der Waals surface area contributed by atoms with Crippen molar-refractivity contribution in [1.29, 1.82) is 0 Å². The van der Waals surface area contributed by atoms with Gasteiger partial charge in [0.2, 0.25) is 0 Å². The molecule has 3 heteroatoms. The van der Waals surface area contributed by atoms with E-state index in [1.165, 1.54) is 37.2 Å². The summed E-state index contributed by atoms with van der Waals surface area (Å²) in [6.45, 7) is 10.3. The van der Waals surface area contributed by atoms with E-state index in [9.17, 15) is 0 Å². The summed E-state index contributed by atoms with van der Waals surface area (Å²) in [6.07, 6.45) is 3.59. The molecule has 1 fully saturated rings. The lowest BCUT2D eigenvalue weighted by Gasteiger charge is -2.29. The monoisotopic (exact) mass is 289 g/mol. The van der Waals surface area contributed by atoms with E-state index in [0.717, 1.165) is 26.1 Å². The third-order valence-corrected chi connectivity index (χ3v) is 4.42. The second-order valence-corrected chi connectivity index (χ2v) is 6.12. The molecule has 2 rings (SSSR count). The molecule has 21 heavy (non-hydrogen) atoms. The molecular formula is C18H31N3. The van der Waals surface area contributed by atoms with Gasteiger partial charge in [0, 0.05) is 31.4 Å². The molecule has 3 nitrogen and oxygen atoms in total. The fourth-order valence-corrected chi connectivity index (χ4v) is 3.15. The van der Waals surface area contributed by atoms with E-state index in [2.05, 4.69) is 60.3 Å². The fraction of sp³-hybridized carbons (Fsp3) is 0.667. The molecule has 0 bridgehead atoms. The summed E-state index contributed by atoms with van der Waals surface area (Å²) in [5.41, 5.74) is 2.90. The van der Waals surface area contributed by atoms with Crippen LogP contribution in [0.25, 0.3) is 0 Å². The van der Waals surface area contributed by atoms with Crippen LogP contribution in [0.3, 0.4) is 0 Å². The van der Waals surface area contributed by atoms with E-state index < -0.39 is 0 Å². The van der Waals surface area contributed by atoms with Crippen molar-refractivity contribution in [3.63, 3.8) is 0 Å². The van der Waals surface area contributed by atoms with Gasteiger partial charge in [0.25, 0.3) is 0 Å². The van der Waals surface area contributed by atoms with Crippen LogP contribution in [-0.4, -0.2) is 44.7 Å². The Kier molecular flexibility index (Phi) is 6.52. The number of para-hydroxylation sites is 1. The Morgan fingerprint density at radius 2 is 1.90 bits per heavy atom. The van der Waals surface area contributed by atoms with Crippen molar-refractivity contribution in [2.75, 3.05) is 44.7 Å². The standard InChI is InChI=1S/C18H31N3/c1-4-11-19-17(5-2)16-9-6-7-10-18(16)21-13-8-12-20(3)14-15-21/h6-7,9-10,17,19H,4-5,8,11-15H2,1-3H3. The Bertz CT molecular complexity index is 419. The minimum Gasteiger partial charge on any atom is -0.370 e. The topological polar surface area (TPSA) is 18.5 Å². The van der Waals surface area contributed by atoms with E-state index in [-0.39, 0.29) is 0 Å². The molecule has 1 atom stereocenters. The largest absolute Gasteiger partial charge is 0.370 e. The van der Waals surface area contributed by atoms with Gasteiger partial charge >= 0.3 is 0 Å². The molecule has 0 amide bonds. The summed E-state index contributed by atoms with van der Waals surface area (Å²) in [6, 6.07) is 9.44. The molecule has 1 saturated heterocycles. The van der Waals surface area contributed by atoms with Crippen LogP contribution in [0.4, 0.5) is 5.69 Å². The van der Waals surface area contributed by atoms with Gasteiger partial charge in [-0.2, -0.15) is 0 Å². The molecule has 1 aliphatic rings. The molecule has 118 valence electrons. The number of rotatable bonds is 6. The predicted molar refractivity (Wildman–Crippen MR) is 92.1 cm³/mol. The smallest absolute Gasteiger partial charge is 0.0415 e. The average molecular weight is 289 g/mol. The molecule has 1 heterocycles. The van der Waals surface area contributed by atoms with Crippen molar-refractivity contribution < 1.29 is 0 Å². The number of hydrogen-bond acceptors (Lipinski definition) is 3. The van der Waals surface area contributed by atoms with Gasteiger partial charge in [-0.05, 0) is 51.0 Å². The molecule has 1 N–H and O–H groups in total. The highest BCUT2D eigenvalue weighted by atomic mass is 15.2. The number of benzene rings is 1. The second kappa shape index (κ2) is 8.40. The van der Waals surface area contributed by atoms with Gasteiger partial charge in [-0.1, -0.05) is 32.0 Å². The zero-order valence-electron chi connectivity index (χ0n) is 13.9. The van der Waals surface area contributed by atoms with E-state index in [1.54, 1.807) is 0 Å². The summed E-state index contributed by atoms with van der Waals surface area (Å²) in [5.74, 6) is 0. The summed E-state index contributed by atoms with van der Waals surface area (Å²) in [4.78, 5) is 5.02. The zero-order chi connectivity index (χ0) is 15.1. The lowest BCUT2D eigenvalue weighted by atomic mass is 10.0. The highest BCUT2D eigenvalue weighted by molar-refractivity contribution is 5.55. The van der Waals surface area contributed by atoms with Crippen LogP contribution < -0.4 is 10.2 Å². The van der Waals surface area contributed by atoms with E-state index in [0.29, 0.717) is 6.04 Å². The van der Waals surface area contributed by atoms with Crippen molar-refractivity contribution in [3.05, 3.63) is 29.8 Å². The Balaban J connectivity index is 2.18. The van der Waals surface area contributed by atoms with Gasteiger partial charge in [0.05, 0.1) is 0 Å². The third kappa shape index (κ3) is 4.45. The second-order valence-electron chi connectivity index (χ2n) is 6.12. The quantitative estimate of drug-likeness (QED) is 0.867. The van der Waals surface area contributed by atoms with Crippen LogP contribution >= 0.6 is 0 Å². The van der Waals surface area contributed by atoms with Crippen LogP contribution in [-0.2, 0) is 0 Å². The van der Waals surface area contributed by atoms with Crippen LogP contribution in [0.15, 0.2) is 24.3 Å². The van der Waals surface area contributed by atoms with Gasteiger partial charge in [-0.3, -0.25) is 0 Å². The summed E-state index contributed by atoms with van der Waals surface area (Å²) in [7, 11) is 2.23. The van der Waals surface area contributed by atoms with Crippen LogP contribution in [0.2, 0.25) is 0 Å². The molecule has 1 aromatic carbocycles. The Labute approximate surface area is 130 Å². The Hall–Kier alpha value is -1.06. The SMILES string of the molecule is CCCNC(CC)c1ccccc1N1CCCN(C)CC1. The maximum Gasteiger partial charge on any atom is 0.0415 e. The van der Waals surface area contributed by atoms with E-state index in [4.69, 9.17) is 0 Å². The number of hydrogen-bond donors (Lipinski definition) is 1. The van der Waals surface area contributed by atoms with Crippen molar-refractivity contribution in [2.45, 2.75) is 39.2 Å². The average Bonchev–Trinajstić information content (AvgIpc) is 2.73. The fourth-order valence-electron chi connectivity index (χ4n) is 3.15. The lowest BCUT2D eigenvalue weighted by Crippen LogP contribution is -2.31. The van der Waals surface area contributed by atoms with Crippen LogP contribution in [0.5, 0.6) is 0 Å². The summed E-state index contributed by atoms with van der Waals surface area (Å²) >= 11 is 0. The molecule has 1 aliphatic heterocycles. The molecule has 1 aromatic rings. The van der Waals surface area contributed by atoms with Gasteiger partial charge in [-0.25, -0.2) is 0 Å². The number of likely N-dealkylation sites (N-methyl/N-ethyl adjacent to an activating group) is 1. The maximum atomic E-state index is 3.70. The Morgan fingerprint density at radius 3 is 2.67 bits per heavy atom. The minimum atomic E-state index is 0.474. The molecule has 1 unspecified atom stereocenters. The molecule has 0 radical (unpaired) electrons. The first kappa shape index (κ1) is 16.3. The lowest BCUT2D eigenvalue weighted by molar-refractivity contribution is 0.360. The van der Waals surface area contributed by atoms with Crippen molar-refractivity contribution in [2.24, 2.45) is 0 Å². The van der Waals surface area contributed by atoms with Gasteiger partial charge in [0.15, 0.2) is 0 Å². The zero-order valence-corrected chi connectivity index (χ0v) is 13.9. The van der Waals surface area contributed by atoms with Crippen LogP contribution in [0.1, 0.15) is 44.7 Å². The first-order chi connectivity index (χ1) is 10.3. The molecular weight excluding hydrogens is 258 g/mol. The first-order valence-corrected chi connectivity index (χ1v) is 8.52. The molecule has 0 saturated carbocycles. The highest BCUT2D eigenvalue weighted by Crippen LogP contribution is 2.29. The highest BCUT2D eigenvalue weighted by Gasteiger charge is 2.18.